The van der Waals surface area contributed by atoms with E-state index in [1.807, 2.05) is 13.1 Å². The first-order valence-corrected chi connectivity index (χ1v) is 8.23. The third kappa shape index (κ3) is 6.98. The first-order valence-electron chi connectivity index (χ1n) is 8.23. The molecule has 0 bridgehead atoms. The highest BCUT2D eigenvalue weighted by Gasteiger charge is 2.14. The molecule has 0 aromatic carbocycles. The second-order valence-electron chi connectivity index (χ2n) is 6.13. The quantitative estimate of drug-likeness (QED) is 0.376. The number of guanidine groups is 1. The van der Waals surface area contributed by atoms with Gasteiger partial charge in [-0.2, -0.15) is 5.10 Å². The number of H-pyrrole nitrogens is 1. The maximum absolute atomic E-state index is 4.28. The SMILES string of the molecule is CN=C(NCc1ccn[nH]1)NC(C)CCC1CCCCC1.I. The van der Waals surface area contributed by atoms with Gasteiger partial charge in [0.2, 0.25) is 0 Å². The highest BCUT2D eigenvalue weighted by atomic mass is 127. The fourth-order valence-corrected chi connectivity index (χ4v) is 3.02. The van der Waals surface area contributed by atoms with E-state index in [4.69, 9.17) is 0 Å². The van der Waals surface area contributed by atoms with Crippen LogP contribution in [0.1, 0.15) is 57.6 Å². The Hall–Kier alpha value is -0.790. The Kier molecular flexibility index (Phi) is 9.50. The molecule has 0 amide bonds. The molecule has 126 valence electrons. The minimum Gasteiger partial charge on any atom is -0.354 e. The Balaban J connectivity index is 0.00000242. The van der Waals surface area contributed by atoms with Gasteiger partial charge in [-0.3, -0.25) is 10.1 Å². The number of nitrogens with one attached hydrogen (secondary N) is 3. The van der Waals surface area contributed by atoms with Gasteiger partial charge < -0.3 is 10.6 Å². The van der Waals surface area contributed by atoms with E-state index in [9.17, 15) is 0 Å². The van der Waals surface area contributed by atoms with Gasteiger partial charge in [-0.1, -0.05) is 32.1 Å². The van der Waals surface area contributed by atoms with Crippen LogP contribution < -0.4 is 10.6 Å². The largest absolute Gasteiger partial charge is 0.354 e. The maximum Gasteiger partial charge on any atom is 0.191 e. The van der Waals surface area contributed by atoms with Crippen molar-refractivity contribution in [2.24, 2.45) is 10.9 Å². The smallest absolute Gasteiger partial charge is 0.191 e. The lowest BCUT2D eigenvalue weighted by atomic mass is 9.85. The number of hydrogen-bond acceptors (Lipinski definition) is 2. The van der Waals surface area contributed by atoms with Crippen LogP contribution >= 0.6 is 24.0 Å². The molecule has 1 fully saturated rings. The second-order valence-corrected chi connectivity index (χ2v) is 6.13. The van der Waals surface area contributed by atoms with E-state index in [1.165, 1.54) is 44.9 Å². The molecule has 1 saturated carbocycles. The number of hydrogen-bond donors (Lipinski definition) is 3. The Morgan fingerprint density at radius 2 is 2.18 bits per heavy atom. The summed E-state index contributed by atoms with van der Waals surface area (Å²) in [5, 5.41) is 13.7. The summed E-state index contributed by atoms with van der Waals surface area (Å²) in [6.07, 6.45) is 11.5. The van der Waals surface area contributed by atoms with Gasteiger partial charge in [0.05, 0.1) is 12.2 Å². The number of rotatable bonds is 6. The fraction of sp³-hybridized carbons (Fsp3) is 0.750. The molecule has 1 aliphatic rings. The zero-order chi connectivity index (χ0) is 14.9. The Labute approximate surface area is 151 Å². The monoisotopic (exact) mass is 419 g/mol. The van der Waals surface area contributed by atoms with Crippen LogP contribution in [0.25, 0.3) is 0 Å². The van der Waals surface area contributed by atoms with Crippen LogP contribution in [0.15, 0.2) is 17.3 Å². The molecule has 2 rings (SSSR count). The average molecular weight is 419 g/mol. The minimum absolute atomic E-state index is 0. The van der Waals surface area contributed by atoms with Crippen molar-refractivity contribution in [3.05, 3.63) is 18.0 Å². The van der Waals surface area contributed by atoms with Gasteiger partial charge in [-0.05, 0) is 31.7 Å². The molecular weight excluding hydrogens is 389 g/mol. The van der Waals surface area contributed by atoms with Crippen LogP contribution in [0.4, 0.5) is 0 Å². The standard InChI is InChI=1S/C16H29N5.HI/c1-13(8-9-14-6-4-3-5-7-14)20-16(17-2)18-12-15-10-11-19-21-15;/h10-11,13-14H,3-9,12H2,1-2H3,(H,19,21)(H2,17,18,20);1H. The summed E-state index contributed by atoms with van der Waals surface area (Å²) in [6.45, 7) is 2.96. The van der Waals surface area contributed by atoms with Crippen molar-refractivity contribution in [1.82, 2.24) is 20.8 Å². The summed E-state index contributed by atoms with van der Waals surface area (Å²) >= 11 is 0. The predicted octanol–water partition coefficient (Wildman–Crippen LogP) is 3.44. The first kappa shape index (κ1) is 19.3. The second kappa shape index (κ2) is 10.9. The van der Waals surface area contributed by atoms with Crippen molar-refractivity contribution >= 4 is 29.9 Å². The summed E-state index contributed by atoms with van der Waals surface area (Å²) in [4.78, 5) is 4.28. The lowest BCUT2D eigenvalue weighted by molar-refractivity contribution is 0.322. The third-order valence-electron chi connectivity index (χ3n) is 4.34. The van der Waals surface area contributed by atoms with Crippen LogP contribution in [0.2, 0.25) is 0 Å². The minimum atomic E-state index is 0. The number of halogens is 1. The van der Waals surface area contributed by atoms with Crippen molar-refractivity contribution in [2.75, 3.05) is 7.05 Å². The third-order valence-corrected chi connectivity index (χ3v) is 4.34. The normalized spacial score (nSPS) is 17.6. The van der Waals surface area contributed by atoms with Crippen molar-refractivity contribution in [2.45, 2.75) is 64.5 Å². The Morgan fingerprint density at radius 3 is 2.82 bits per heavy atom. The van der Waals surface area contributed by atoms with Gasteiger partial charge in [0, 0.05) is 19.3 Å². The van der Waals surface area contributed by atoms with Gasteiger partial charge in [0.1, 0.15) is 0 Å². The van der Waals surface area contributed by atoms with E-state index >= 15 is 0 Å². The lowest BCUT2D eigenvalue weighted by Crippen LogP contribution is -2.42. The van der Waals surface area contributed by atoms with Gasteiger partial charge in [0.25, 0.3) is 0 Å². The molecule has 1 heterocycles. The Morgan fingerprint density at radius 1 is 1.41 bits per heavy atom. The summed E-state index contributed by atoms with van der Waals surface area (Å²) in [5.74, 6) is 1.81. The molecule has 1 aromatic heterocycles. The van der Waals surface area contributed by atoms with Crippen LogP contribution in [0.3, 0.4) is 0 Å². The van der Waals surface area contributed by atoms with Gasteiger partial charge >= 0.3 is 0 Å². The lowest BCUT2D eigenvalue weighted by Gasteiger charge is -2.24. The van der Waals surface area contributed by atoms with Gasteiger partial charge in [-0.25, -0.2) is 0 Å². The van der Waals surface area contributed by atoms with E-state index in [2.05, 4.69) is 32.7 Å². The van der Waals surface area contributed by atoms with Crippen molar-refractivity contribution in [3.63, 3.8) is 0 Å². The molecule has 1 unspecified atom stereocenters. The summed E-state index contributed by atoms with van der Waals surface area (Å²) in [7, 11) is 1.82. The van der Waals surface area contributed by atoms with Crippen LogP contribution in [0, 0.1) is 5.92 Å². The number of aliphatic imine (C=N–C) groups is 1. The fourth-order valence-electron chi connectivity index (χ4n) is 3.02. The molecule has 22 heavy (non-hydrogen) atoms. The number of nitrogens with zero attached hydrogens (tertiary/aromatic N) is 2. The van der Waals surface area contributed by atoms with Gasteiger partial charge in [0.15, 0.2) is 5.96 Å². The number of aromatic nitrogens is 2. The summed E-state index contributed by atoms with van der Waals surface area (Å²) in [6, 6.07) is 2.42. The molecule has 1 atom stereocenters. The highest BCUT2D eigenvalue weighted by molar-refractivity contribution is 14.0. The zero-order valence-corrected chi connectivity index (χ0v) is 16.1. The highest BCUT2D eigenvalue weighted by Crippen LogP contribution is 2.27. The van der Waals surface area contributed by atoms with E-state index < -0.39 is 0 Å². The molecule has 6 heteroatoms. The summed E-state index contributed by atoms with van der Waals surface area (Å²) in [5.41, 5.74) is 1.06. The average Bonchev–Trinajstić information content (AvgIpc) is 3.04. The number of aromatic amines is 1. The molecule has 1 aromatic rings. The van der Waals surface area contributed by atoms with Crippen molar-refractivity contribution < 1.29 is 0 Å². The van der Waals surface area contributed by atoms with Gasteiger partial charge in [-0.15, -0.1) is 24.0 Å². The molecule has 0 radical (unpaired) electrons. The molecule has 0 aliphatic heterocycles. The van der Waals surface area contributed by atoms with Crippen LogP contribution in [-0.4, -0.2) is 29.2 Å². The van der Waals surface area contributed by atoms with E-state index in [-0.39, 0.29) is 24.0 Å². The van der Waals surface area contributed by atoms with Crippen LogP contribution in [-0.2, 0) is 6.54 Å². The molecule has 3 N–H and O–H groups in total. The van der Waals surface area contributed by atoms with Crippen molar-refractivity contribution in [3.8, 4) is 0 Å². The molecule has 5 nitrogen and oxygen atoms in total. The topological polar surface area (TPSA) is 65.1 Å². The maximum atomic E-state index is 4.28. The molecular formula is C16H30IN5. The van der Waals surface area contributed by atoms with Crippen molar-refractivity contribution in [1.29, 1.82) is 0 Å². The van der Waals surface area contributed by atoms with E-state index in [0.29, 0.717) is 6.04 Å². The van der Waals surface area contributed by atoms with E-state index in [1.54, 1.807) is 6.20 Å². The molecule has 1 aliphatic carbocycles. The predicted molar refractivity (Wildman–Crippen MR) is 103 cm³/mol. The molecule has 0 saturated heterocycles. The Bertz CT molecular complexity index is 412. The van der Waals surface area contributed by atoms with Crippen LogP contribution in [0.5, 0.6) is 0 Å². The zero-order valence-electron chi connectivity index (χ0n) is 13.8. The first-order chi connectivity index (χ1) is 10.3. The molecule has 0 spiro atoms. The van der Waals surface area contributed by atoms with E-state index in [0.717, 1.165) is 24.1 Å². The summed E-state index contributed by atoms with van der Waals surface area (Å²) < 4.78 is 0.